The molecular weight excluding hydrogens is 372 g/mol. The Balaban J connectivity index is 1.73. The van der Waals surface area contributed by atoms with Gasteiger partial charge in [0.15, 0.2) is 0 Å². The van der Waals surface area contributed by atoms with Crippen molar-refractivity contribution < 1.29 is 8.42 Å². The second-order valence-corrected chi connectivity index (χ2v) is 8.21. The molecule has 0 unspecified atom stereocenters. The van der Waals surface area contributed by atoms with Gasteiger partial charge in [0.1, 0.15) is 10.7 Å². The number of hydrogen-bond donors (Lipinski definition) is 0. The fourth-order valence-electron chi connectivity index (χ4n) is 2.91. The summed E-state index contributed by atoms with van der Waals surface area (Å²) in [5.41, 5.74) is 1.65. The highest BCUT2D eigenvalue weighted by atomic mass is 32.2. The first-order valence-electron chi connectivity index (χ1n) is 9.17. The van der Waals surface area contributed by atoms with Gasteiger partial charge in [-0.05, 0) is 43.3 Å². The van der Waals surface area contributed by atoms with Crippen molar-refractivity contribution in [3.8, 4) is 0 Å². The molecule has 0 aliphatic heterocycles. The van der Waals surface area contributed by atoms with Crippen LogP contribution in [0.2, 0.25) is 0 Å². The van der Waals surface area contributed by atoms with Crippen molar-refractivity contribution in [2.45, 2.75) is 18.2 Å². The number of hydrogen-bond acceptors (Lipinski definition) is 5. The summed E-state index contributed by atoms with van der Waals surface area (Å²) in [6.45, 7) is 2.90. The minimum Gasteiger partial charge on any atom is -0.359 e. The highest BCUT2D eigenvalue weighted by Crippen LogP contribution is 2.23. The van der Waals surface area contributed by atoms with E-state index in [1.807, 2.05) is 55.3 Å². The van der Waals surface area contributed by atoms with Gasteiger partial charge in [-0.25, -0.2) is 13.4 Å². The van der Waals surface area contributed by atoms with Crippen LogP contribution in [-0.2, 0) is 16.4 Å². The van der Waals surface area contributed by atoms with Gasteiger partial charge < -0.3 is 4.90 Å². The van der Waals surface area contributed by atoms with E-state index in [2.05, 4.69) is 9.97 Å². The first kappa shape index (κ1) is 19.8. The SMILES string of the molecule is CCN(c1ccccc1)S(=O)(=O)c1ccc(N(C)CCc2ccccn2)nc1. The minimum absolute atomic E-state index is 0.181. The van der Waals surface area contributed by atoms with Gasteiger partial charge in [-0.3, -0.25) is 9.29 Å². The highest BCUT2D eigenvalue weighted by molar-refractivity contribution is 7.92. The van der Waals surface area contributed by atoms with Gasteiger partial charge in [0, 0.05) is 44.6 Å². The lowest BCUT2D eigenvalue weighted by Crippen LogP contribution is -2.31. The molecule has 2 aromatic heterocycles. The van der Waals surface area contributed by atoms with E-state index in [1.54, 1.807) is 30.5 Å². The first-order chi connectivity index (χ1) is 13.5. The summed E-state index contributed by atoms with van der Waals surface area (Å²) in [5, 5.41) is 0. The van der Waals surface area contributed by atoms with Crippen LogP contribution < -0.4 is 9.21 Å². The van der Waals surface area contributed by atoms with Crippen LogP contribution in [0.15, 0.2) is 78.0 Å². The molecule has 3 aromatic rings. The Morgan fingerprint density at radius 1 is 0.929 bits per heavy atom. The van der Waals surface area contributed by atoms with Crippen LogP contribution in [0.4, 0.5) is 11.5 Å². The third-order valence-electron chi connectivity index (χ3n) is 4.46. The maximum Gasteiger partial charge on any atom is 0.265 e. The zero-order chi connectivity index (χ0) is 20.0. The third-order valence-corrected chi connectivity index (χ3v) is 6.35. The summed E-state index contributed by atoms with van der Waals surface area (Å²) in [4.78, 5) is 10.9. The quantitative estimate of drug-likeness (QED) is 0.584. The number of nitrogens with zero attached hydrogens (tertiary/aromatic N) is 4. The molecular formula is C21H24N4O2S. The monoisotopic (exact) mass is 396 g/mol. The maximum absolute atomic E-state index is 13.0. The fraction of sp³-hybridized carbons (Fsp3) is 0.238. The van der Waals surface area contributed by atoms with Crippen molar-refractivity contribution in [2.24, 2.45) is 0 Å². The van der Waals surface area contributed by atoms with Crippen molar-refractivity contribution >= 4 is 21.5 Å². The smallest absolute Gasteiger partial charge is 0.265 e. The average molecular weight is 397 g/mol. The number of likely N-dealkylation sites (N-methyl/N-ethyl adjacent to an activating group) is 1. The number of sulfonamides is 1. The fourth-order valence-corrected chi connectivity index (χ4v) is 4.33. The van der Waals surface area contributed by atoms with E-state index in [0.717, 1.165) is 24.5 Å². The van der Waals surface area contributed by atoms with Gasteiger partial charge in [0.05, 0.1) is 5.69 Å². The Morgan fingerprint density at radius 3 is 2.29 bits per heavy atom. The number of rotatable bonds is 8. The lowest BCUT2D eigenvalue weighted by Gasteiger charge is -2.23. The highest BCUT2D eigenvalue weighted by Gasteiger charge is 2.24. The van der Waals surface area contributed by atoms with Crippen LogP contribution in [0.1, 0.15) is 12.6 Å². The Morgan fingerprint density at radius 2 is 1.68 bits per heavy atom. The van der Waals surface area contributed by atoms with E-state index >= 15 is 0 Å². The van der Waals surface area contributed by atoms with Crippen LogP contribution in [0.5, 0.6) is 0 Å². The van der Waals surface area contributed by atoms with Crippen molar-refractivity contribution in [1.29, 1.82) is 0 Å². The summed E-state index contributed by atoms with van der Waals surface area (Å²) in [6.07, 6.45) is 3.99. The van der Waals surface area contributed by atoms with E-state index in [4.69, 9.17) is 0 Å². The summed E-state index contributed by atoms with van der Waals surface area (Å²) in [7, 11) is -1.73. The van der Waals surface area contributed by atoms with Crippen LogP contribution in [0.25, 0.3) is 0 Å². The number of benzene rings is 1. The van der Waals surface area contributed by atoms with Crippen molar-refractivity contribution in [3.63, 3.8) is 0 Å². The van der Waals surface area contributed by atoms with Gasteiger partial charge in [0.25, 0.3) is 10.0 Å². The summed E-state index contributed by atoms with van der Waals surface area (Å²) < 4.78 is 27.4. The van der Waals surface area contributed by atoms with E-state index in [1.165, 1.54) is 10.5 Å². The lowest BCUT2D eigenvalue weighted by atomic mass is 10.2. The van der Waals surface area contributed by atoms with Crippen LogP contribution in [-0.4, -0.2) is 38.5 Å². The molecule has 0 N–H and O–H groups in total. The topological polar surface area (TPSA) is 66.4 Å². The van der Waals surface area contributed by atoms with Crippen LogP contribution in [0.3, 0.4) is 0 Å². The van der Waals surface area contributed by atoms with Crippen molar-refractivity contribution in [2.75, 3.05) is 29.3 Å². The molecule has 0 amide bonds. The number of pyridine rings is 2. The Bertz CT molecular complexity index is 978. The second kappa shape index (κ2) is 8.84. The molecule has 0 fully saturated rings. The summed E-state index contributed by atoms with van der Waals surface area (Å²) in [5.74, 6) is 0.720. The standard InChI is InChI=1S/C21H24N4O2S/c1-3-25(19-10-5-4-6-11-19)28(26,27)20-12-13-21(23-17-20)24(2)16-14-18-9-7-8-15-22-18/h4-13,15,17H,3,14,16H2,1-2H3. The molecule has 0 saturated heterocycles. The number of para-hydroxylation sites is 1. The predicted molar refractivity (Wildman–Crippen MR) is 112 cm³/mol. The molecule has 0 atom stereocenters. The zero-order valence-corrected chi connectivity index (χ0v) is 16.9. The molecule has 0 aliphatic rings. The maximum atomic E-state index is 13.0. The molecule has 3 rings (SSSR count). The summed E-state index contributed by atoms with van der Waals surface area (Å²) in [6, 6.07) is 18.3. The first-order valence-corrected chi connectivity index (χ1v) is 10.6. The van der Waals surface area contributed by atoms with Crippen molar-refractivity contribution in [1.82, 2.24) is 9.97 Å². The molecule has 6 nitrogen and oxygen atoms in total. The van der Waals surface area contributed by atoms with Gasteiger partial charge >= 0.3 is 0 Å². The third kappa shape index (κ3) is 4.48. The van der Waals surface area contributed by atoms with Crippen LogP contribution in [0, 0.1) is 0 Å². The molecule has 1 aromatic carbocycles. The Kier molecular flexibility index (Phi) is 6.26. The van der Waals surface area contributed by atoms with Gasteiger partial charge in [-0.2, -0.15) is 0 Å². The van der Waals surface area contributed by atoms with Crippen molar-refractivity contribution in [3.05, 3.63) is 78.8 Å². The molecule has 146 valence electrons. The molecule has 0 aliphatic carbocycles. The number of aromatic nitrogens is 2. The average Bonchev–Trinajstić information content (AvgIpc) is 2.74. The number of anilines is 2. The molecule has 0 saturated carbocycles. The Hall–Kier alpha value is -2.93. The second-order valence-electron chi connectivity index (χ2n) is 6.35. The zero-order valence-electron chi connectivity index (χ0n) is 16.1. The van der Waals surface area contributed by atoms with Gasteiger partial charge in [0.2, 0.25) is 0 Å². The molecule has 0 bridgehead atoms. The molecule has 28 heavy (non-hydrogen) atoms. The van der Waals surface area contributed by atoms with E-state index in [0.29, 0.717) is 12.2 Å². The molecule has 0 radical (unpaired) electrons. The van der Waals surface area contributed by atoms with Gasteiger partial charge in [-0.1, -0.05) is 24.3 Å². The molecule has 7 heteroatoms. The van der Waals surface area contributed by atoms with E-state index in [9.17, 15) is 8.42 Å². The minimum atomic E-state index is -3.66. The Labute approximate surface area is 166 Å². The predicted octanol–water partition coefficient (Wildman–Crippen LogP) is 3.37. The summed E-state index contributed by atoms with van der Waals surface area (Å²) >= 11 is 0. The van der Waals surface area contributed by atoms with Crippen LogP contribution >= 0.6 is 0 Å². The van der Waals surface area contributed by atoms with E-state index < -0.39 is 10.0 Å². The molecule has 0 spiro atoms. The largest absolute Gasteiger partial charge is 0.359 e. The lowest BCUT2D eigenvalue weighted by molar-refractivity contribution is 0.591. The normalized spacial score (nSPS) is 11.2. The van der Waals surface area contributed by atoms with Gasteiger partial charge in [-0.15, -0.1) is 0 Å². The van der Waals surface area contributed by atoms with E-state index in [-0.39, 0.29) is 4.90 Å². The molecule has 2 heterocycles.